The van der Waals surface area contributed by atoms with E-state index < -0.39 is 5.97 Å². The Kier molecular flexibility index (Phi) is 4.73. The monoisotopic (exact) mass is 307 g/mol. The molecule has 0 spiro atoms. The maximum absolute atomic E-state index is 10.8. The molecular weight excluding hydrogens is 282 g/mol. The zero-order chi connectivity index (χ0) is 15.5. The number of likely N-dealkylation sites (tertiary alicyclic amines) is 2. The van der Waals surface area contributed by atoms with E-state index in [-0.39, 0.29) is 6.54 Å². The van der Waals surface area contributed by atoms with Crippen molar-refractivity contribution in [2.45, 2.75) is 38.1 Å². The number of carboxylic acids is 1. The Balaban J connectivity index is 1.59. The van der Waals surface area contributed by atoms with Gasteiger partial charge in [0.1, 0.15) is 11.6 Å². The van der Waals surface area contributed by atoms with Gasteiger partial charge in [0.05, 0.1) is 13.1 Å². The summed E-state index contributed by atoms with van der Waals surface area (Å²) in [5.74, 6) is 1.76. The predicted molar refractivity (Wildman–Crippen MR) is 81.6 cm³/mol. The van der Waals surface area contributed by atoms with E-state index in [0.717, 1.165) is 57.2 Å². The minimum absolute atomic E-state index is 0.145. The molecule has 0 amide bonds. The molecule has 0 atom stereocenters. The van der Waals surface area contributed by atoms with Gasteiger partial charge in [-0.05, 0) is 51.9 Å². The molecule has 7 heteroatoms. The van der Waals surface area contributed by atoms with Crippen molar-refractivity contribution < 1.29 is 9.90 Å². The fourth-order valence-corrected chi connectivity index (χ4v) is 3.55. The van der Waals surface area contributed by atoms with Gasteiger partial charge in [0.2, 0.25) is 0 Å². The maximum Gasteiger partial charge on any atom is 0.317 e. The van der Waals surface area contributed by atoms with Gasteiger partial charge in [-0.3, -0.25) is 14.6 Å². The Bertz CT molecular complexity index is 516. The minimum atomic E-state index is -0.745. The summed E-state index contributed by atoms with van der Waals surface area (Å²) in [4.78, 5) is 15.2. The van der Waals surface area contributed by atoms with E-state index in [4.69, 9.17) is 5.11 Å². The number of aromatic nitrogens is 3. The molecule has 2 fully saturated rings. The first-order valence-electron chi connectivity index (χ1n) is 8.18. The van der Waals surface area contributed by atoms with E-state index in [1.54, 1.807) is 0 Å². The molecule has 3 rings (SSSR count). The van der Waals surface area contributed by atoms with Crippen molar-refractivity contribution in [2.24, 2.45) is 7.05 Å². The molecule has 2 saturated heterocycles. The third kappa shape index (κ3) is 3.47. The maximum atomic E-state index is 10.8. The van der Waals surface area contributed by atoms with E-state index in [9.17, 15) is 4.79 Å². The molecule has 3 heterocycles. The summed E-state index contributed by atoms with van der Waals surface area (Å²) in [7, 11) is 2.06. The van der Waals surface area contributed by atoms with Crippen LogP contribution in [0.15, 0.2) is 0 Å². The van der Waals surface area contributed by atoms with Crippen LogP contribution in [-0.2, 0) is 18.4 Å². The van der Waals surface area contributed by atoms with E-state index >= 15 is 0 Å². The lowest BCUT2D eigenvalue weighted by Crippen LogP contribution is -2.37. The Morgan fingerprint density at radius 1 is 1.14 bits per heavy atom. The molecule has 0 radical (unpaired) electrons. The minimum Gasteiger partial charge on any atom is -0.480 e. The van der Waals surface area contributed by atoms with Crippen molar-refractivity contribution in [3.63, 3.8) is 0 Å². The summed E-state index contributed by atoms with van der Waals surface area (Å²) >= 11 is 0. The lowest BCUT2D eigenvalue weighted by atomic mass is 9.96. The number of piperidine rings is 1. The standard InChI is InChI=1S/C15H25N5O2/c1-18-13(10-19-6-2-3-7-19)16-17-15(18)12-4-8-20(9-5-12)11-14(21)22/h12H,2-11H2,1H3,(H,21,22). The summed E-state index contributed by atoms with van der Waals surface area (Å²) in [5.41, 5.74) is 0. The van der Waals surface area contributed by atoms with Crippen molar-refractivity contribution in [1.82, 2.24) is 24.6 Å². The van der Waals surface area contributed by atoms with Crippen LogP contribution in [0.25, 0.3) is 0 Å². The van der Waals surface area contributed by atoms with Crippen LogP contribution in [0.3, 0.4) is 0 Å². The molecule has 22 heavy (non-hydrogen) atoms. The molecule has 0 aliphatic carbocycles. The second-order valence-corrected chi connectivity index (χ2v) is 6.46. The summed E-state index contributed by atoms with van der Waals surface area (Å²) in [6, 6.07) is 0. The van der Waals surface area contributed by atoms with Gasteiger partial charge >= 0.3 is 5.97 Å². The van der Waals surface area contributed by atoms with Crippen molar-refractivity contribution in [3.05, 3.63) is 11.6 Å². The topological polar surface area (TPSA) is 74.5 Å². The average Bonchev–Trinajstić information content (AvgIpc) is 3.11. The van der Waals surface area contributed by atoms with Crippen LogP contribution in [0.2, 0.25) is 0 Å². The van der Waals surface area contributed by atoms with Gasteiger partial charge in [0, 0.05) is 13.0 Å². The SMILES string of the molecule is Cn1c(CN2CCCC2)nnc1C1CCN(CC(=O)O)CC1. The molecule has 2 aliphatic heterocycles. The van der Waals surface area contributed by atoms with Crippen LogP contribution in [0.4, 0.5) is 0 Å². The summed E-state index contributed by atoms with van der Waals surface area (Å²) in [6.07, 6.45) is 4.49. The quantitative estimate of drug-likeness (QED) is 0.862. The fourth-order valence-electron chi connectivity index (χ4n) is 3.55. The van der Waals surface area contributed by atoms with Crippen molar-refractivity contribution in [3.8, 4) is 0 Å². The van der Waals surface area contributed by atoms with Gasteiger partial charge in [-0.2, -0.15) is 0 Å². The molecule has 1 aromatic rings. The zero-order valence-corrected chi connectivity index (χ0v) is 13.2. The van der Waals surface area contributed by atoms with Crippen LogP contribution in [0.1, 0.15) is 43.3 Å². The van der Waals surface area contributed by atoms with Crippen LogP contribution in [-0.4, -0.2) is 68.4 Å². The lowest BCUT2D eigenvalue weighted by molar-refractivity contribution is -0.138. The Morgan fingerprint density at radius 3 is 2.45 bits per heavy atom. The highest BCUT2D eigenvalue weighted by atomic mass is 16.4. The second kappa shape index (κ2) is 6.75. The number of aliphatic carboxylic acids is 1. The lowest BCUT2D eigenvalue weighted by Gasteiger charge is -2.30. The van der Waals surface area contributed by atoms with Crippen LogP contribution >= 0.6 is 0 Å². The van der Waals surface area contributed by atoms with Crippen LogP contribution in [0, 0.1) is 0 Å². The van der Waals surface area contributed by atoms with Crippen molar-refractivity contribution in [2.75, 3.05) is 32.7 Å². The summed E-state index contributed by atoms with van der Waals surface area (Å²) < 4.78 is 2.15. The van der Waals surface area contributed by atoms with Gasteiger partial charge in [0.15, 0.2) is 0 Å². The third-order valence-electron chi connectivity index (χ3n) is 4.87. The number of hydrogen-bond donors (Lipinski definition) is 1. The van der Waals surface area contributed by atoms with Crippen molar-refractivity contribution >= 4 is 5.97 Å². The molecular formula is C15H25N5O2. The first-order valence-corrected chi connectivity index (χ1v) is 8.18. The van der Waals surface area contributed by atoms with Crippen LogP contribution in [0.5, 0.6) is 0 Å². The molecule has 0 aromatic carbocycles. The van der Waals surface area contributed by atoms with Gasteiger partial charge in [-0.15, -0.1) is 10.2 Å². The Labute approximate surface area is 130 Å². The average molecular weight is 307 g/mol. The first-order chi connectivity index (χ1) is 10.6. The third-order valence-corrected chi connectivity index (χ3v) is 4.87. The molecule has 7 nitrogen and oxygen atoms in total. The van der Waals surface area contributed by atoms with Gasteiger partial charge in [0.25, 0.3) is 0 Å². The first kappa shape index (κ1) is 15.4. The highest BCUT2D eigenvalue weighted by Crippen LogP contribution is 2.27. The molecule has 1 aromatic heterocycles. The van der Waals surface area contributed by atoms with E-state index in [2.05, 4.69) is 26.7 Å². The number of carboxylic acid groups (broad SMARTS) is 1. The highest BCUT2D eigenvalue weighted by molar-refractivity contribution is 5.69. The summed E-state index contributed by atoms with van der Waals surface area (Å²) in [5, 5.41) is 17.7. The van der Waals surface area contributed by atoms with E-state index in [1.165, 1.54) is 12.8 Å². The van der Waals surface area contributed by atoms with E-state index in [0.29, 0.717) is 5.92 Å². The summed E-state index contributed by atoms with van der Waals surface area (Å²) in [6.45, 7) is 5.01. The Hall–Kier alpha value is -1.47. The van der Waals surface area contributed by atoms with Crippen molar-refractivity contribution in [1.29, 1.82) is 0 Å². The van der Waals surface area contributed by atoms with E-state index in [1.807, 2.05) is 4.90 Å². The fraction of sp³-hybridized carbons (Fsp3) is 0.800. The number of hydrogen-bond acceptors (Lipinski definition) is 5. The molecule has 0 saturated carbocycles. The molecule has 1 N–H and O–H groups in total. The van der Waals surface area contributed by atoms with Gasteiger partial charge in [-0.25, -0.2) is 0 Å². The Morgan fingerprint density at radius 2 is 1.82 bits per heavy atom. The van der Waals surface area contributed by atoms with Crippen LogP contribution < -0.4 is 0 Å². The molecule has 2 aliphatic rings. The molecule has 0 bridgehead atoms. The highest BCUT2D eigenvalue weighted by Gasteiger charge is 2.26. The second-order valence-electron chi connectivity index (χ2n) is 6.46. The molecule has 122 valence electrons. The smallest absolute Gasteiger partial charge is 0.317 e. The number of carbonyl (C=O) groups is 1. The predicted octanol–water partition coefficient (Wildman–Crippen LogP) is 0.675. The number of rotatable bonds is 5. The normalized spacial score (nSPS) is 21.5. The molecule has 0 unspecified atom stereocenters. The largest absolute Gasteiger partial charge is 0.480 e. The zero-order valence-electron chi connectivity index (χ0n) is 13.2. The van der Waals surface area contributed by atoms with Gasteiger partial charge < -0.3 is 9.67 Å². The number of nitrogens with zero attached hydrogens (tertiary/aromatic N) is 5. The van der Waals surface area contributed by atoms with Gasteiger partial charge in [-0.1, -0.05) is 0 Å².